The van der Waals surface area contributed by atoms with Crippen molar-refractivity contribution in [1.29, 1.82) is 0 Å². The third-order valence-corrected chi connectivity index (χ3v) is 3.06. The number of fused-ring (bicyclic) bond motifs is 1. The van der Waals surface area contributed by atoms with E-state index in [0.717, 1.165) is 11.0 Å². The molecule has 96 valence electrons. The number of halogens is 2. The smallest absolute Gasteiger partial charge is 0.239 e. The monoisotopic (exact) mass is 285 g/mol. The van der Waals surface area contributed by atoms with Crippen LogP contribution in [0.1, 0.15) is 12.7 Å². The molecule has 0 bridgehead atoms. The van der Waals surface area contributed by atoms with Crippen molar-refractivity contribution in [3.63, 3.8) is 0 Å². The molecule has 0 atom stereocenters. The molecule has 0 radical (unpaired) electrons. The highest BCUT2D eigenvalue weighted by Gasteiger charge is 2.12. The Morgan fingerprint density at radius 3 is 2.94 bits per heavy atom. The van der Waals surface area contributed by atoms with Gasteiger partial charge in [0, 0.05) is 11.6 Å². The van der Waals surface area contributed by atoms with Crippen LogP contribution in [0.3, 0.4) is 0 Å². The van der Waals surface area contributed by atoms with Gasteiger partial charge in [0.05, 0.1) is 16.9 Å². The van der Waals surface area contributed by atoms with Crippen LogP contribution < -0.4 is 5.32 Å². The molecular formula is C12H13Cl2N3O. The highest BCUT2D eigenvalue weighted by atomic mass is 35.5. The molecule has 2 rings (SSSR count). The Morgan fingerprint density at radius 1 is 1.50 bits per heavy atom. The molecule has 0 saturated carbocycles. The van der Waals surface area contributed by atoms with Crippen molar-refractivity contribution in [2.24, 2.45) is 0 Å². The van der Waals surface area contributed by atoms with Crippen LogP contribution in [0.2, 0.25) is 5.02 Å². The Hall–Kier alpha value is -1.26. The molecule has 0 fully saturated rings. The summed E-state index contributed by atoms with van der Waals surface area (Å²) in [5, 5.41) is 3.36. The number of hydrogen-bond donors (Lipinski definition) is 1. The number of benzene rings is 1. The summed E-state index contributed by atoms with van der Waals surface area (Å²) in [6.45, 7) is 2.68. The van der Waals surface area contributed by atoms with Crippen molar-refractivity contribution in [1.82, 2.24) is 14.9 Å². The van der Waals surface area contributed by atoms with Gasteiger partial charge in [-0.15, -0.1) is 11.6 Å². The number of nitrogens with zero attached hydrogens (tertiary/aromatic N) is 2. The van der Waals surface area contributed by atoms with Crippen LogP contribution >= 0.6 is 23.2 Å². The zero-order valence-electron chi connectivity index (χ0n) is 9.91. The molecule has 6 heteroatoms. The summed E-state index contributed by atoms with van der Waals surface area (Å²) < 4.78 is 1.79. The van der Waals surface area contributed by atoms with Gasteiger partial charge in [-0.25, -0.2) is 4.98 Å². The van der Waals surface area contributed by atoms with Gasteiger partial charge in [-0.3, -0.25) is 4.79 Å². The Labute approximate surface area is 115 Å². The van der Waals surface area contributed by atoms with Crippen LogP contribution in [0, 0.1) is 0 Å². The number of likely N-dealkylation sites (N-methyl/N-ethyl adjacent to an activating group) is 1. The van der Waals surface area contributed by atoms with Crippen LogP contribution in [0.15, 0.2) is 18.2 Å². The zero-order valence-corrected chi connectivity index (χ0v) is 11.4. The first kappa shape index (κ1) is 13.2. The molecule has 4 nitrogen and oxygen atoms in total. The number of imidazole rings is 1. The predicted molar refractivity (Wildman–Crippen MR) is 73.0 cm³/mol. The fourth-order valence-corrected chi connectivity index (χ4v) is 2.19. The van der Waals surface area contributed by atoms with Gasteiger partial charge in [0.2, 0.25) is 5.91 Å². The Bertz CT molecular complexity index is 580. The van der Waals surface area contributed by atoms with E-state index in [9.17, 15) is 4.79 Å². The average molecular weight is 286 g/mol. The van der Waals surface area contributed by atoms with Gasteiger partial charge in [0.15, 0.2) is 0 Å². The van der Waals surface area contributed by atoms with Gasteiger partial charge in [-0.05, 0) is 25.1 Å². The quantitative estimate of drug-likeness (QED) is 0.878. The van der Waals surface area contributed by atoms with E-state index in [1.54, 1.807) is 16.7 Å². The summed E-state index contributed by atoms with van der Waals surface area (Å²) in [7, 11) is 0. The fraction of sp³-hybridized carbons (Fsp3) is 0.333. The number of rotatable bonds is 4. The van der Waals surface area contributed by atoms with E-state index in [1.807, 2.05) is 13.0 Å². The molecule has 0 aliphatic rings. The summed E-state index contributed by atoms with van der Waals surface area (Å²) in [5.41, 5.74) is 1.61. The minimum Gasteiger partial charge on any atom is -0.355 e. The lowest BCUT2D eigenvalue weighted by atomic mass is 10.3. The van der Waals surface area contributed by atoms with Crippen molar-refractivity contribution in [2.45, 2.75) is 19.3 Å². The lowest BCUT2D eigenvalue weighted by Gasteiger charge is -2.07. The first-order valence-electron chi connectivity index (χ1n) is 5.63. The SMILES string of the molecule is CCNC(=O)Cn1c(CCl)nc2ccc(Cl)cc21. The van der Waals surface area contributed by atoms with E-state index in [0.29, 0.717) is 17.4 Å². The molecule has 0 aliphatic heterocycles. The minimum atomic E-state index is -0.0665. The van der Waals surface area contributed by atoms with Gasteiger partial charge in [0.1, 0.15) is 12.4 Å². The number of alkyl halides is 1. The zero-order chi connectivity index (χ0) is 13.1. The lowest BCUT2D eigenvalue weighted by molar-refractivity contribution is -0.121. The van der Waals surface area contributed by atoms with E-state index < -0.39 is 0 Å². The third-order valence-electron chi connectivity index (χ3n) is 2.58. The molecule has 1 heterocycles. The summed E-state index contributed by atoms with van der Waals surface area (Å²) in [6, 6.07) is 5.38. The second kappa shape index (κ2) is 5.59. The maximum Gasteiger partial charge on any atom is 0.239 e. The maximum atomic E-state index is 11.7. The standard InChI is InChI=1S/C12H13Cl2N3O/c1-2-15-12(18)7-17-10-5-8(14)3-4-9(10)16-11(17)6-13/h3-5H,2,6-7H2,1H3,(H,15,18). The first-order chi connectivity index (χ1) is 8.65. The second-order valence-corrected chi connectivity index (χ2v) is 4.54. The molecule has 1 N–H and O–H groups in total. The Morgan fingerprint density at radius 2 is 2.28 bits per heavy atom. The van der Waals surface area contributed by atoms with Crippen LogP contribution in [0.5, 0.6) is 0 Å². The van der Waals surface area contributed by atoms with Gasteiger partial charge >= 0.3 is 0 Å². The third kappa shape index (κ3) is 2.60. The summed E-state index contributed by atoms with van der Waals surface area (Å²) in [4.78, 5) is 16.0. The first-order valence-corrected chi connectivity index (χ1v) is 6.54. The molecule has 0 aliphatic carbocycles. The molecule has 0 saturated heterocycles. The maximum absolute atomic E-state index is 11.7. The van der Waals surface area contributed by atoms with Crippen molar-refractivity contribution in [3.05, 3.63) is 29.0 Å². The van der Waals surface area contributed by atoms with Crippen LogP contribution in [-0.2, 0) is 17.2 Å². The number of carbonyl (C=O) groups is 1. The van der Waals surface area contributed by atoms with Crippen molar-refractivity contribution in [2.75, 3.05) is 6.54 Å². The second-order valence-electron chi connectivity index (χ2n) is 3.83. The molecule has 18 heavy (non-hydrogen) atoms. The number of nitrogens with one attached hydrogen (secondary N) is 1. The topological polar surface area (TPSA) is 46.9 Å². The van der Waals surface area contributed by atoms with Gasteiger partial charge in [0.25, 0.3) is 0 Å². The molecule has 1 aromatic heterocycles. The largest absolute Gasteiger partial charge is 0.355 e. The highest BCUT2D eigenvalue weighted by molar-refractivity contribution is 6.31. The summed E-state index contributed by atoms with van der Waals surface area (Å²) in [5.74, 6) is 0.856. The highest BCUT2D eigenvalue weighted by Crippen LogP contribution is 2.21. The van der Waals surface area contributed by atoms with Crippen LogP contribution in [-0.4, -0.2) is 22.0 Å². The van der Waals surface area contributed by atoms with Crippen molar-refractivity contribution < 1.29 is 4.79 Å². The molecule has 2 aromatic rings. The summed E-state index contributed by atoms with van der Waals surface area (Å²) in [6.07, 6.45) is 0. The molecule has 1 aromatic carbocycles. The van der Waals surface area contributed by atoms with Crippen LogP contribution in [0.4, 0.5) is 0 Å². The number of hydrogen-bond acceptors (Lipinski definition) is 2. The molecule has 0 spiro atoms. The molecule has 0 unspecified atom stereocenters. The van der Waals surface area contributed by atoms with E-state index in [1.165, 1.54) is 0 Å². The normalized spacial score (nSPS) is 10.8. The Kier molecular flexibility index (Phi) is 4.09. The van der Waals surface area contributed by atoms with Crippen LogP contribution in [0.25, 0.3) is 11.0 Å². The van der Waals surface area contributed by atoms with Gasteiger partial charge < -0.3 is 9.88 Å². The van der Waals surface area contributed by atoms with E-state index >= 15 is 0 Å². The van der Waals surface area contributed by atoms with E-state index in [4.69, 9.17) is 23.2 Å². The Balaban J connectivity index is 2.45. The molecule has 1 amide bonds. The number of carbonyl (C=O) groups excluding carboxylic acids is 1. The fourth-order valence-electron chi connectivity index (χ4n) is 1.82. The minimum absolute atomic E-state index is 0.0665. The summed E-state index contributed by atoms with van der Waals surface area (Å²) >= 11 is 11.8. The average Bonchev–Trinajstić information content (AvgIpc) is 2.67. The van der Waals surface area contributed by atoms with Crippen molar-refractivity contribution in [3.8, 4) is 0 Å². The van der Waals surface area contributed by atoms with Gasteiger partial charge in [-0.2, -0.15) is 0 Å². The lowest BCUT2D eigenvalue weighted by Crippen LogP contribution is -2.27. The van der Waals surface area contributed by atoms with Crippen molar-refractivity contribution >= 4 is 40.1 Å². The van der Waals surface area contributed by atoms with E-state index in [-0.39, 0.29) is 18.3 Å². The number of amides is 1. The molecular weight excluding hydrogens is 273 g/mol. The predicted octanol–water partition coefficient (Wildman–Crippen LogP) is 2.56. The number of aromatic nitrogens is 2. The van der Waals surface area contributed by atoms with E-state index in [2.05, 4.69) is 10.3 Å². The van der Waals surface area contributed by atoms with Gasteiger partial charge in [-0.1, -0.05) is 11.6 Å².